The number of Topliss-reactive ketones (excluding diaryl/α,β-unsaturated/α-hetero) is 4. The summed E-state index contributed by atoms with van der Waals surface area (Å²) in [6, 6.07) is -1.11. The third-order valence-corrected chi connectivity index (χ3v) is 7.30. The SMILES string of the molecule is CN(C)C1=CCC(=O)C2=C1C[C@H]1C[C@H]3[C@H](N(C)C)C(=O)C(C(N)=O)C(=O)[C@@]3(O)C(=O)C1=C2O. The van der Waals surface area contributed by atoms with Gasteiger partial charge < -0.3 is 20.8 Å². The Bertz CT molecular complexity index is 1110. The van der Waals surface area contributed by atoms with Crippen molar-refractivity contribution in [3.63, 3.8) is 0 Å². The number of hydrogen-bond donors (Lipinski definition) is 3. The van der Waals surface area contributed by atoms with E-state index in [0.29, 0.717) is 5.57 Å². The van der Waals surface area contributed by atoms with Crippen LogP contribution in [0, 0.1) is 17.8 Å². The van der Waals surface area contributed by atoms with Crippen molar-refractivity contribution in [2.75, 3.05) is 28.2 Å². The van der Waals surface area contributed by atoms with E-state index in [4.69, 9.17) is 5.73 Å². The second-order valence-electron chi connectivity index (χ2n) is 9.58. The Balaban J connectivity index is 1.91. The first-order valence-corrected chi connectivity index (χ1v) is 10.7. The van der Waals surface area contributed by atoms with Crippen LogP contribution in [0.25, 0.3) is 0 Å². The van der Waals surface area contributed by atoms with Gasteiger partial charge in [0.2, 0.25) is 11.7 Å². The molecule has 0 bridgehead atoms. The number of carbonyl (C=O) groups excluding carboxylic acids is 5. The Kier molecular flexibility index (Phi) is 5.21. The lowest BCUT2D eigenvalue weighted by atomic mass is 9.54. The van der Waals surface area contributed by atoms with Crippen molar-refractivity contribution in [3.05, 3.63) is 34.3 Å². The van der Waals surface area contributed by atoms with E-state index in [-0.39, 0.29) is 36.2 Å². The summed E-state index contributed by atoms with van der Waals surface area (Å²) in [6.45, 7) is 0. The lowest BCUT2D eigenvalue weighted by molar-refractivity contribution is -0.175. The largest absolute Gasteiger partial charge is 0.507 e. The highest BCUT2D eigenvalue weighted by Gasteiger charge is 2.67. The van der Waals surface area contributed by atoms with Crippen LogP contribution in [-0.4, -0.2) is 88.9 Å². The zero-order valence-corrected chi connectivity index (χ0v) is 18.9. The Labute approximate surface area is 190 Å². The minimum Gasteiger partial charge on any atom is -0.507 e. The summed E-state index contributed by atoms with van der Waals surface area (Å²) < 4.78 is 0. The zero-order chi connectivity index (χ0) is 24.6. The minimum absolute atomic E-state index is 0.0118. The monoisotopic (exact) mass is 457 g/mol. The molecular weight excluding hydrogens is 430 g/mol. The van der Waals surface area contributed by atoms with E-state index in [1.54, 1.807) is 34.3 Å². The molecule has 0 aromatic rings. The van der Waals surface area contributed by atoms with Crippen molar-refractivity contribution < 1.29 is 34.2 Å². The normalized spacial score (nSPS) is 34.2. The van der Waals surface area contributed by atoms with Gasteiger partial charge >= 0.3 is 0 Å². The third kappa shape index (κ3) is 2.97. The number of carbonyl (C=O) groups is 5. The first kappa shape index (κ1) is 23.1. The number of likely N-dealkylation sites (N-methyl/N-ethyl adjacent to an activating group) is 2. The van der Waals surface area contributed by atoms with Crippen LogP contribution in [0.2, 0.25) is 0 Å². The lowest BCUT2D eigenvalue weighted by Crippen LogP contribution is -2.72. The molecule has 176 valence electrons. The molecule has 4 N–H and O–H groups in total. The maximum absolute atomic E-state index is 13.6. The van der Waals surface area contributed by atoms with Gasteiger partial charge in [-0.3, -0.25) is 28.9 Å². The van der Waals surface area contributed by atoms with E-state index in [2.05, 4.69) is 0 Å². The second-order valence-corrected chi connectivity index (χ2v) is 9.58. The molecule has 1 amide bonds. The molecule has 0 aromatic carbocycles. The van der Waals surface area contributed by atoms with Gasteiger partial charge in [0.15, 0.2) is 28.9 Å². The predicted molar refractivity (Wildman–Crippen MR) is 114 cm³/mol. The second kappa shape index (κ2) is 7.46. The number of primary amides is 1. The summed E-state index contributed by atoms with van der Waals surface area (Å²) in [5, 5.41) is 22.6. The fourth-order valence-corrected chi connectivity index (χ4v) is 5.92. The average Bonchev–Trinajstić information content (AvgIpc) is 2.70. The molecule has 33 heavy (non-hydrogen) atoms. The highest BCUT2D eigenvalue weighted by molar-refractivity contribution is 6.32. The first-order valence-electron chi connectivity index (χ1n) is 10.7. The number of nitrogens with zero attached hydrogens (tertiary/aromatic N) is 2. The van der Waals surface area contributed by atoms with Crippen molar-refractivity contribution in [1.82, 2.24) is 9.80 Å². The van der Waals surface area contributed by atoms with Gasteiger partial charge in [0, 0.05) is 37.7 Å². The molecule has 10 nitrogen and oxygen atoms in total. The molecule has 0 aliphatic heterocycles. The third-order valence-electron chi connectivity index (χ3n) is 7.30. The van der Waals surface area contributed by atoms with Gasteiger partial charge in [-0.05, 0) is 38.4 Å². The minimum atomic E-state index is -2.71. The first-order chi connectivity index (χ1) is 15.3. The number of rotatable bonds is 3. The van der Waals surface area contributed by atoms with Crippen molar-refractivity contribution in [1.29, 1.82) is 0 Å². The van der Waals surface area contributed by atoms with Crippen LogP contribution in [0.5, 0.6) is 0 Å². The molecule has 0 heterocycles. The van der Waals surface area contributed by atoms with Gasteiger partial charge in [0.1, 0.15) is 5.76 Å². The van der Waals surface area contributed by atoms with Gasteiger partial charge in [-0.25, -0.2) is 0 Å². The Hall–Kier alpha value is -3.11. The molecule has 0 spiro atoms. The summed E-state index contributed by atoms with van der Waals surface area (Å²) in [5.41, 5.74) is 3.73. The van der Waals surface area contributed by atoms with Crippen LogP contribution >= 0.6 is 0 Å². The van der Waals surface area contributed by atoms with Gasteiger partial charge in [-0.15, -0.1) is 0 Å². The summed E-state index contributed by atoms with van der Waals surface area (Å²) in [7, 11) is 6.71. The molecule has 0 aromatic heterocycles. The fourth-order valence-electron chi connectivity index (χ4n) is 5.92. The number of hydrogen-bond acceptors (Lipinski definition) is 9. The molecular formula is C23H27N3O7. The van der Waals surface area contributed by atoms with Crippen LogP contribution in [0.3, 0.4) is 0 Å². The van der Waals surface area contributed by atoms with Crippen LogP contribution < -0.4 is 5.73 Å². The number of ketones is 4. The van der Waals surface area contributed by atoms with E-state index < -0.39 is 58.4 Å². The van der Waals surface area contributed by atoms with Crippen molar-refractivity contribution in [2.45, 2.75) is 30.9 Å². The van der Waals surface area contributed by atoms with Gasteiger partial charge in [-0.1, -0.05) is 6.08 Å². The molecule has 4 aliphatic carbocycles. The van der Waals surface area contributed by atoms with Crippen molar-refractivity contribution >= 4 is 29.0 Å². The molecule has 0 saturated heterocycles. The Morgan fingerprint density at radius 3 is 2.33 bits per heavy atom. The molecule has 2 saturated carbocycles. The number of nitrogens with two attached hydrogens (primary N) is 1. The fraction of sp³-hybridized carbons (Fsp3) is 0.522. The number of fused-ring (bicyclic) bond motifs is 2. The van der Waals surface area contributed by atoms with Crippen molar-refractivity contribution in [3.8, 4) is 0 Å². The number of aliphatic hydroxyl groups excluding tert-OH is 1. The molecule has 4 rings (SSSR count). The van der Waals surface area contributed by atoms with E-state index in [0.717, 1.165) is 5.70 Å². The Morgan fingerprint density at radius 1 is 1.15 bits per heavy atom. The smallest absolute Gasteiger partial charge is 0.235 e. The lowest BCUT2D eigenvalue weighted by Gasteiger charge is -2.51. The Morgan fingerprint density at radius 2 is 1.79 bits per heavy atom. The van der Waals surface area contributed by atoms with Crippen LogP contribution in [-0.2, 0) is 24.0 Å². The molecule has 2 fully saturated rings. The number of aliphatic hydroxyl groups is 2. The van der Waals surface area contributed by atoms with E-state index in [9.17, 15) is 34.2 Å². The average molecular weight is 457 g/mol. The number of amides is 1. The summed E-state index contributed by atoms with van der Waals surface area (Å²) >= 11 is 0. The van der Waals surface area contributed by atoms with E-state index >= 15 is 0 Å². The van der Waals surface area contributed by atoms with E-state index in [1.807, 2.05) is 4.90 Å². The van der Waals surface area contributed by atoms with Crippen LogP contribution in [0.4, 0.5) is 0 Å². The maximum Gasteiger partial charge on any atom is 0.235 e. The molecule has 5 atom stereocenters. The van der Waals surface area contributed by atoms with Gasteiger partial charge in [-0.2, -0.15) is 0 Å². The van der Waals surface area contributed by atoms with Crippen molar-refractivity contribution in [2.24, 2.45) is 23.5 Å². The van der Waals surface area contributed by atoms with Crippen LogP contribution in [0.15, 0.2) is 34.3 Å². The standard InChI is InChI=1S/C23H27N3O7/c1-25(2)12-5-6-13(27)15-10(12)7-9-8-11-17(26(3)4)19(29)16(22(24)32)21(31)23(11,33)20(30)14(9)18(15)28/h5,9,11,16-17,28,33H,6-8H2,1-4H3,(H2,24,32)/t9-,11-,16?,17-,23-/m0/s1. The number of allylic oxidation sites excluding steroid dienone is 3. The summed E-state index contributed by atoms with van der Waals surface area (Å²) in [5.74, 6) is -8.98. The summed E-state index contributed by atoms with van der Waals surface area (Å²) in [4.78, 5) is 67.8. The van der Waals surface area contributed by atoms with E-state index in [1.165, 1.54) is 4.90 Å². The maximum atomic E-state index is 13.6. The molecule has 1 unspecified atom stereocenters. The molecule has 10 heteroatoms. The zero-order valence-electron chi connectivity index (χ0n) is 18.9. The van der Waals surface area contributed by atoms with Gasteiger partial charge in [0.05, 0.1) is 11.6 Å². The highest BCUT2D eigenvalue weighted by atomic mass is 16.3. The topological polar surface area (TPSA) is 158 Å². The summed E-state index contributed by atoms with van der Waals surface area (Å²) in [6.07, 6.45) is 2.05. The highest BCUT2D eigenvalue weighted by Crippen LogP contribution is 2.52. The van der Waals surface area contributed by atoms with Crippen LogP contribution in [0.1, 0.15) is 19.3 Å². The quantitative estimate of drug-likeness (QED) is 0.454. The van der Waals surface area contributed by atoms with Gasteiger partial charge in [0.25, 0.3) is 0 Å². The predicted octanol–water partition coefficient (Wildman–Crippen LogP) is -0.963. The molecule has 0 radical (unpaired) electrons. The molecule has 4 aliphatic rings.